The van der Waals surface area contributed by atoms with Crippen molar-refractivity contribution in [3.05, 3.63) is 22.7 Å². The molecular weight excluding hydrogens is 252 g/mol. The lowest BCUT2D eigenvalue weighted by atomic mass is 9.86. The lowest BCUT2D eigenvalue weighted by molar-refractivity contribution is 0.338. The van der Waals surface area contributed by atoms with Crippen molar-refractivity contribution in [2.24, 2.45) is 17.6 Å². The fraction of sp³-hybridized carbons (Fsp3) is 0.733. The molecule has 2 rings (SSSR count). The van der Waals surface area contributed by atoms with Gasteiger partial charge >= 0.3 is 0 Å². The maximum absolute atomic E-state index is 12.2. The molecule has 1 aliphatic rings. The van der Waals surface area contributed by atoms with E-state index in [2.05, 4.69) is 24.1 Å². The minimum absolute atomic E-state index is 0.0197. The van der Waals surface area contributed by atoms with Gasteiger partial charge in [-0.2, -0.15) is 0 Å². The Bertz CT molecular complexity index is 475. The van der Waals surface area contributed by atoms with Gasteiger partial charge in [0.1, 0.15) is 0 Å². The molecule has 0 aromatic carbocycles. The molecule has 1 saturated carbocycles. The molecule has 5 heteroatoms. The van der Waals surface area contributed by atoms with E-state index < -0.39 is 0 Å². The summed E-state index contributed by atoms with van der Waals surface area (Å²) in [5.74, 6) is 1.53. The summed E-state index contributed by atoms with van der Waals surface area (Å²) in [7, 11) is 0. The van der Waals surface area contributed by atoms with Crippen LogP contribution in [0.1, 0.15) is 39.5 Å². The summed E-state index contributed by atoms with van der Waals surface area (Å²) in [6.45, 7) is 5.76. The minimum Gasteiger partial charge on any atom is -0.365 e. The molecule has 0 amide bonds. The molecule has 5 nitrogen and oxygen atoms in total. The molecule has 0 unspecified atom stereocenters. The second kappa shape index (κ2) is 6.88. The van der Waals surface area contributed by atoms with Crippen molar-refractivity contribution in [2.75, 3.05) is 11.9 Å². The van der Waals surface area contributed by atoms with Gasteiger partial charge in [-0.3, -0.25) is 4.79 Å². The number of nitrogens with one attached hydrogen (secondary N) is 1. The van der Waals surface area contributed by atoms with E-state index in [0.29, 0.717) is 23.7 Å². The average Bonchev–Trinajstić information content (AvgIpc) is 2.41. The van der Waals surface area contributed by atoms with Gasteiger partial charge in [0, 0.05) is 31.5 Å². The molecule has 0 bridgehead atoms. The van der Waals surface area contributed by atoms with Crippen molar-refractivity contribution in [1.82, 2.24) is 9.55 Å². The maximum Gasteiger partial charge on any atom is 0.293 e. The molecule has 1 heterocycles. The Morgan fingerprint density at radius 1 is 1.40 bits per heavy atom. The highest BCUT2D eigenvalue weighted by Gasteiger charge is 2.18. The lowest BCUT2D eigenvalue weighted by Crippen LogP contribution is -2.31. The van der Waals surface area contributed by atoms with E-state index in [1.165, 1.54) is 0 Å². The zero-order valence-corrected chi connectivity index (χ0v) is 12.5. The summed E-state index contributed by atoms with van der Waals surface area (Å²) in [5.41, 5.74) is 5.89. The summed E-state index contributed by atoms with van der Waals surface area (Å²) >= 11 is 0. The second-order valence-electron chi connectivity index (χ2n) is 6.29. The molecule has 112 valence electrons. The number of aromatic nitrogens is 2. The Kier molecular flexibility index (Phi) is 5.17. The summed E-state index contributed by atoms with van der Waals surface area (Å²) in [6.07, 6.45) is 7.91. The van der Waals surface area contributed by atoms with Crippen LogP contribution < -0.4 is 16.6 Å². The number of rotatable bonds is 5. The Morgan fingerprint density at radius 3 is 2.75 bits per heavy atom. The van der Waals surface area contributed by atoms with E-state index in [1.54, 1.807) is 17.0 Å². The standard InChI is InChI=1S/C15H26N4O/c1-11(2)10-19-8-7-17-14(15(19)20)18-9-12-3-5-13(16)6-4-12/h7-8,11-13H,3-6,9-10,16H2,1-2H3,(H,17,18). The molecule has 0 spiro atoms. The predicted molar refractivity (Wildman–Crippen MR) is 81.8 cm³/mol. The van der Waals surface area contributed by atoms with E-state index in [0.717, 1.165) is 38.8 Å². The van der Waals surface area contributed by atoms with Gasteiger partial charge in [-0.05, 0) is 37.5 Å². The minimum atomic E-state index is -0.0197. The van der Waals surface area contributed by atoms with Gasteiger partial charge in [0.15, 0.2) is 5.82 Å². The molecule has 1 aliphatic carbocycles. The summed E-state index contributed by atoms with van der Waals surface area (Å²) in [4.78, 5) is 16.4. The molecule has 1 aromatic rings. The number of hydrogen-bond donors (Lipinski definition) is 2. The maximum atomic E-state index is 12.2. The average molecular weight is 278 g/mol. The lowest BCUT2D eigenvalue weighted by Gasteiger charge is -2.26. The largest absolute Gasteiger partial charge is 0.365 e. The smallest absolute Gasteiger partial charge is 0.293 e. The van der Waals surface area contributed by atoms with Gasteiger partial charge in [0.25, 0.3) is 5.56 Å². The van der Waals surface area contributed by atoms with Crippen LogP contribution in [-0.4, -0.2) is 22.1 Å². The Morgan fingerprint density at radius 2 is 2.10 bits per heavy atom. The van der Waals surface area contributed by atoms with Crippen molar-refractivity contribution >= 4 is 5.82 Å². The quantitative estimate of drug-likeness (QED) is 0.862. The number of nitrogens with zero attached hydrogens (tertiary/aromatic N) is 2. The highest BCUT2D eigenvalue weighted by atomic mass is 16.1. The zero-order chi connectivity index (χ0) is 14.5. The van der Waals surface area contributed by atoms with E-state index in [-0.39, 0.29) is 5.56 Å². The molecule has 0 radical (unpaired) electrons. The van der Waals surface area contributed by atoms with Crippen LogP contribution in [0.4, 0.5) is 5.82 Å². The Balaban J connectivity index is 1.94. The van der Waals surface area contributed by atoms with Crippen LogP contribution in [0.25, 0.3) is 0 Å². The molecule has 0 atom stereocenters. The normalized spacial score (nSPS) is 23.0. The monoisotopic (exact) mass is 278 g/mol. The number of hydrogen-bond acceptors (Lipinski definition) is 4. The zero-order valence-electron chi connectivity index (χ0n) is 12.5. The van der Waals surface area contributed by atoms with Crippen molar-refractivity contribution < 1.29 is 0 Å². The Hall–Kier alpha value is -1.36. The Labute approximate surface area is 120 Å². The van der Waals surface area contributed by atoms with Gasteiger partial charge in [-0.1, -0.05) is 13.8 Å². The third-order valence-electron chi connectivity index (χ3n) is 3.93. The highest BCUT2D eigenvalue weighted by Crippen LogP contribution is 2.22. The van der Waals surface area contributed by atoms with Crippen LogP contribution in [0, 0.1) is 11.8 Å². The van der Waals surface area contributed by atoms with Crippen LogP contribution in [0.5, 0.6) is 0 Å². The first kappa shape index (κ1) is 15.0. The third kappa shape index (κ3) is 4.07. The number of nitrogens with two attached hydrogens (primary N) is 1. The van der Waals surface area contributed by atoms with E-state index in [4.69, 9.17) is 5.73 Å². The SMILES string of the molecule is CC(C)Cn1ccnc(NCC2CCC(N)CC2)c1=O. The topological polar surface area (TPSA) is 72.9 Å². The predicted octanol–water partition coefficient (Wildman–Crippen LogP) is 1.83. The van der Waals surface area contributed by atoms with E-state index >= 15 is 0 Å². The molecular formula is C15H26N4O. The summed E-state index contributed by atoms with van der Waals surface area (Å²) in [5, 5.41) is 3.23. The van der Waals surface area contributed by atoms with Gasteiger partial charge in [0.2, 0.25) is 0 Å². The number of anilines is 1. The van der Waals surface area contributed by atoms with Crippen LogP contribution in [0.15, 0.2) is 17.2 Å². The van der Waals surface area contributed by atoms with Crippen molar-refractivity contribution in [3.63, 3.8) is 0 Å². The van der Waals surface area contributed by atoms with E-state index in [9.17, 15) is 4.79 Å². The first-order chi connectivity index (χ1) is 9.56. The first-order valence-electron chi connectivity index (χ1n) is 7.61. The van der Waals surface area contributed by atoms with Gasteiger partial charge in [-0.15, -0.1) is 0 Å². The van der Waals surface area contributed by atoms with Crippen LogP contribution in [0.3, 0.4) is 0 Å². The fourth-order valence-electron chi connectivity index (χ4n) is 2.74. The third-order valence-corrected chi connectivity index (χ3v) is 3.93. The van der Waals surface area contributed by atoms with Crippen LogP contribution in [-0.2, 0) is 6.54 Å². The van der Waals surface area contributed by atoms with Crippen molar-refractivity contribution in [2.45, 2.75) is 52.1 Å². The van der Waals surface area contributed by atoms with Gasteiger partial charge in [0.05, 0.1) is 0 Å². The second-order valence-corrected chi connectivity index (χ2v) is 6.29. The highest BCUT2D eigenvalue weighted by molar-refractivity contribution is 5.30. The molecule has 1 fully saturated rings. The molecule has 20 heavy (non-hydrogen) atoms. The summed E-state index contributed by atoms with van der Waals surface area (Å²) in [6, 6.07) is 0.365. The molecule has 0 saturated heterocycles. The summed E-state index contributed by atoms with van der Waals surface area (Å²) < 4.78 is 1.73. The van der Waals surface area contributed by atoms with Gasteiger partial charge < -0.3 is 15.6 Å². The van der Waals surface area contributed by atoms with Crippen LogP contribution in [0.2, 0.25) is 0 Å². The van der Waals surface area contributed by atoms with Crippen LogP contribution >= 0.6 is 0 Å². The van der Waals surface area contributed by atoms with E-state index in [1.807, 2.05) is 0 Å². The molecule has 3 N–H and O–H groups in total. The molecule has 1 aromatic heterocycles. The van der Waals surface area contributed by atoms with Crippen molar-refractivity contribution in [3.8, 4) is 0 Å². The molecule has 0 aliphatic heterocycles. The fourth-order valence-corrected chi connectivity index (χ4v) is 2.74. The van der Waals surface area contributed by atoms with Crippen molar-refractivity contribution in [1.29, 1.82) is 0 Å². The first-order valence-corrected chi connectivity index (χ1v) is 7.61. The van der Waals surface area contributed by atoms with Gasteiger partial charge in [-0.25, -0.2) is 4.98 Å².